The summed E-state index contributed by atoms with van der Waals surface area (Å²) in [7, 11) is 0. The first kappa shape index (κ1) is 22.9. The van der Waals surface area contributed by atoms with Crippen LogP contribution in [0, 0.1) is 0 Å². The van der Waals surface area contributed by atoms with Crippen LogP contribution in [0.2, 0.25) is 0 Å². The summed E-state index contributed by atoms with van der Waals surface area (Å²) in [5, 5.41) is 9.29. The van der Waals surface area contributed by atoms with Crippen LogP contribution >= 0.6 is 0 Å². The van der Waals surface area contributed by atoms with E-state index in [2.05, 4.69) is 38.1 Å². The topological polar surface area (TPSA) is 116 Å². The highest BCUT2D eigenvalue weighted by Crippen LogP contribution is 2.47. The summed E-state index contributed by atoms with van der Waals surface area (Å²) in [6.07, 6.45) is 4.94. The second kappa shape index (κ2) is 8.22. The molecule has 3 amide bonds. The molecular formula is C31H24N6O3. The van der Waals surface area contributed by atoms with Crippen molar-refractivity contribution in [2.45, 2.75) is 30.6 Å². The molecule has 0 bridgehead atoms. The quantitative estimate of drug-likeness (QED) is 0.365. The highest BCUT2D eigenvalue weighted by Gasteiger charge is 2.51. The minimum Gasteiger partial charge on any atom is -0.355 e. The van der Waals surface area contributed by atoms with Crippen molar-refractivity contribution in [3.8, 4) is 0 Å². The highest BCUT2D eigenvalue weighted by molar-refractivity contribution is 6.09. The molecule has 4 aliphatic rings. The van der Waals surface area contributed by atoms with Crippen LogP contribution in [0.1, 0.15) is 45.1 Å². The lowest BCUT2D eigenvalue weighted by atomic mass is 9.79. The number of rotatable bonds is 3. The zero-order valence-electron chi connectivity index (χ0n) is 21.4. The molecule has 0 radical (unpaired) electrons. The molecule has 9 nitrogen and oxygen atoms in total. The minimum atomic E-state index is -0.619. The summed E-state index contributed by atoms with van der Waals surface area (Å²) in [4.78, 5) is 49.2. The van der Waals surface area contributed by atoms with Gasteiger partial charge in [-0.05, 0) is 66.4 Å². The summed E-state index contributed by atoms with van der Waals surface area (Å²) in [5.41, 5.74) is 7.17. The summed E-state index contributed by atoms with van der Waals surface area (Å²) in [6, 6.07) is 19.3. The van der Waals surface area contributed by atoms with Gasteiger partial charge in [-0.25, -0.2) is 4.98 Å². The number of hydrogen-bond donors (Lipinski definition) is 3. The number of fused-ring (bicyclic) bond motifs is 3. The van der Waals surface area contributed by atoms with Gasteiger partial charge in [0.1, 0.15) is 11.5 Å². The van der Waals surface area contributed by atoms with Gasteiger partial charge in [0, 0.05) is 65.2 Å². The fourth-order valence-electron chi connectivity index (χ4n) is 6.80. The Morgan fingerprint density at radius 3 is 2.73 bits per heavy atom. The van der Waals surface area contributed by atoms with Crippen molar-refractivity contribution in [3.05, 3.63) is 101 Å². The van der Waals surface area contributed by atoms with Crippen molar-refractivity contribution >= 4 is 46.3 Å². The van der Waals surface area contributed by atoms with Gasteiger partial charge in [0.05, 0.1) is 5.41 Å². The summed E-state index contributed by atoms with van der Waals surface area (Å²) >= 11 is 0. The lowest BCUT2D eigenvalue weighted by molar-refractivity contribution is -0.120. The zero-order valence-corrected chi connectivity index (χ0v) is 21.4. The summed E-state index contributed by atoms with van der Waals surface area (Å²) in [5.74, 6) is 0.416. The van der Waals surface area contributed by atoms with Gasteiger partial charge in [0.2, 0.25) is 11.8 Å². The van der Waals surface area contributed by atoms with Crippen molar-refractivity contribution in [1.82, 2.24) is 9.97 Å². The maximum atomic E-state index is 13.6. The van der Waals surface area contributed by atoms with E-state index in [1.54, 1.807) is 23.4 Å². The van der Waals surface area contributed by atoms with Crippen LogP contribution < -0.4 is 20.9 Å². The van der Waals surface area contributed by atoms with Crippen molar-refractivity contribution in [3.63, 3.8) is 0 Å². The molecule has 4 aromatic rings. The first-order valence-corrected chi connectivity index (χ1v) is 13.3. The SMILES string of the molecule is O=C1CC2CN(C(=O)c3cc(Nc4ccc5c(c4)CC4(C5)C(=O)Nc5ncccc54)ccn3)c3cccc(c32)N1. The molecule has 0 fully saturated rings. The molecule has 2 aromatic carbocycles. The number of benzene rings is 2. The third kappa shape index (κ3) is 3.30. The van der Waals surface area contributed by atoms with E-state index in [-0.39, 0.29) is 23.6 Å². The van der Waals surface area contributed by atoms with E-state index >= 15 is 0 Å². The lowest BCUT2D eigenvalue weighted by Crippen LogP contribution is -2.35. The average molecular weight is 529 g/mol. The molecule has 2 unspecified atom stereocenters. The van der Waals surface area contributed by atoms with Gasteiger partial charge < -0.3 is 20.9 Å². The number of carbonyl (C=O) groups excluding carboxylic acids is 3. The molecular weight excluding hydrogens is 504 g/mol. The standard InChI is InChI=1S/C31H24N6O3/c38-26-12-19-16-37(25-5-1-4-23(35-26)27(19)25)29(39)24-13-21(8-10-32-24)34-20-7-6-17-14-31(15-18(17)11-20)22-3-2-9-33-28(22)36-30(31)40/h1-11,13,19H,12,14-16H2,(H,32,34)(H,35,38)(H,33,36,40). The van der Waals surface area contributed by atoms with Crippen LogP contribution in [0.25, 0.3) is 0 Å². The van der Waals surface area contributed by atoms with Crippen molar-refractivity contribution in [2.75, 3.05) is 27.4 Å². The fraction of sp³-hybridized carbons (Fsp3) is 0.194. The van der Waals surface area contributed by atoms with Gasteiger partial charge in [0.15, 0.2) is 0 Å². The number of aromatic nitrogens is 2. The predicted octanol–water partition coefficient (Wildman–Crippen LogP) is 4.30. The van der Waals surface area contributed by atoms with Crippen molar-refractivity contribution < 1.29 is 14.4 Å². The van der Waals surface area contributed by atoms with E-state index < -0.39 is 5.41 Å². The minimum absolute atomic E-state index is 0.00226. The molecule has 5 heterocycles. The Kier molecular flexibility index (Phi) is 4.71. The van der Waals surface area contributed by atoms with Crippen LogP contribution in [0.15, 0.2) is 73.1 Å². The van der Waals surface area contributed by atoms with Gasteiger partial charge in [-0.3, -0.25) is 19.4 Å². The van der Waals surface area contributed by atoms with Gasteiger partial charge in [-0.15, -0.1) is 0 Å². The second-order valence-corrected chi connectivity index (χ2v) is 10.9. The van der Waals surface area contributed by atoms with E-state index in [0.717, 1.165) is 45.0 Å². The van der Waals surface area contributed by atoms with Crippen LogP contribution in [-0.2, 0) is 27.8 Å². The molecule has 1 spiro atoms. The third-order valence-electron chi connectivity index (χ3n) is 8.58. The highest BCUT2D eigenvalue weighted by atomic mass is 16.2. The Morgan fingerprint density at radius 1 is 0.925 bits per heavy atom. The number of nitrogens with zero attached hydrogens (tertiary/aromatic N) is 3. The first-order valence-electron chi connectivity index (χ1n) is 13.3. The Hall–Kier alpha value is -5.05. The fourth-order valence-corrected chi connectivity index (χ4v) is 6.80. The molecule has 2 aromatic heterocycles. The van der Waals surface area contributed by atoms with Gasteiger partial charge in [0.25, 0.3) is 5.91 Å². The first-order chi connectivity index (χ1) is 19.5. The van der Waals surface area contributed by atoms with Gasteiger partial charge in [-0.1, -0.05) is 18.2 Å². The lowest BCUT2D eigenvalue weighted by Gasteiger charge is -2.20. The summed E-state index contributed by atoms with van der Waals surface area (Å²) in [6.45, 7) is 0.455. The number of hydrogen-bond acceptors (Lipinski definition) is 6. The third-order valence-corrected chi connectivity index (χ3v) is 8.58. The number of pyridine rings is 2. The Bertz CT molecular complexity index is 1780. The van der Waals surface area contributed by atoms with Crippen LogP contribution in [0.4, 0.5) is 28.6 Å². The normalized spacial score (nSPS) is 21.5. The second-order valence-electron chi connectivity index (χ2n) is 10.9. The van der Waals surface area contributed by atoms with E-state index in [1.807, 2.05) is 42.5 Å². The van der Waals surface area contributed by atoms with E-state index in [4.69, 9.17) is 0 Å². The smallest absolute Gasteiger partial charge is 0.276 e. The zero-order chi connectivity index (χ0) is 27.0. The molecule has 3 aliphatic heterocycles. The van der Waals surface area contributed by atoms with Crippen molar-refractivity contribution in [1.29, 1.82) is 0 Å². The Labute approximate surface area is 229 Å². The van der Waals surface area contributed by atoms with Gasteiger partial charge in [-0.2, -0.15) is 0 Å². The van der Waals surface area contributed by atoms with E-state index in [0.29, 0.717) is 37.3 Å². The van der Waals surface area contributed by atoms with Crippen LogP contribution in [0.5, 0.6) is 0 Å². The Balaban J connectivity index is 1.04. The molecule has 40 heavy (non-hydrogen) atoms. The molecule has 8 rings (SSSR count). The number of nitrogens with one attached hydrogen (secondary N) is 3. The number of anilines is 5. The molecule has 3 N–H and O–H groups in total. The average Bonchev–Trinajstić information content (AvgIpc) is 3.61. The van der Waals surface area contributed by atoms with E-state index in [1.165, 1.54) is 0 Å². The molecule has 9 heteroatoms. The van der Waals surface area contributed by atoms with Crippen LogP contribution in [-0.4, -0.2) is 34.2 Å². The molecule has 1 aliphatic carbocycles. The molecule has 196 valence electrons. The maximum Gasteiger partial charge on any atom is 0.276 e. The largest absolute Gasteiger partial charge is 0.355 e. The Morgan fingerprint density at radius 2 is 1.80 bits per heavy atom. The number of amides is 3. The molecule has 0 saturated heterocycles. The number of carbonyl (C=O) groups is 3. The maximum absolute atomic E-state index is 13.6. The van der Waals surface area contributed by atoms with Gasteiger partial charge >= 0.3 is 0 Å². The van der Waals surface area contributed by atoms with Crippen LogP contribution in [0.3, 0.4) is 0 Å². The summed E-state index contributed by atoms with van der Waals surface area (Å²) < 4.78 is 0. The van der Waals surface area contributed by atoms with Crippen molar-refractivity contribution in [2.24, 2.45) is 0 Å². The predicted molar refractivity (Wildman–Crippen MR) is 150 cm³/mol. The van der Waals surface area contributed by atoms with E-state index in [9.17, 15) is 14.4 Å². The molecule has 0 saturated carbocycles. The monoisotopic (exact) mass is 528 g/mol. The molecule has 2 atom stereocenters.